The number of benzene rings is 2. The van der Waals surface area contributed by atoms with Crippen LogP contribution >= 0.6 is 0 Å². The zero-order valence-corrected chi connectivity index (χ0v) is 11.7. The van der Waals surface area contributed by atoms with Crippen molar-refractivity contribution in [2.45, 2.75) is 11.4 Å². The summed E-state index contributed by atoms with van der Waals surface area (Å²) >= 11 is 0. The first-order chi connectivity index (χ1) is 9.86. The number of rotatable bonds is 4. The number of hydrogen-bond donors (Lipinski definition) is 2. The Bertz CT molecular complexity index is 758. The maximum absolute atomic E-state index is 13.0. The Morgan fingerprint density at radius 2 is 1.81 bits per heavy atom. The smallest absolute Gasteiger partial charge is 0.251 e. The monoisotopic (exact) mass is 308 g/mol. The molecule has 110 valence electrons. The minimum Gasteiger partial charge on any atom is -0.348 e. The van der Waals surface area contributed by atoms with Crippen LogP contribution in [0.15, 0.2) is 53.4 Å². The zero-order valence-electron chi connectivity index (χ0n) is 10.9. The second-order valence-electron chi connectivity index (χ2n) is 4.38. The van der Waals surface area contributed by atoms with Crippen molar-refractivity contribution in [3.8, 4) is 0 Å². The molecule has 0 aliphatic heterocycles. The highest BCUT2D eigenvalue weighted by Gasteiger charge is 2.10. The van der Waals surface area contributed by atoms with E-state index in [9.17, 15) is 17.6 Å². The molecule has 1 amide bonds. The van der Waals surface area contributed by atoms with Gasteiger partial charge in [-0.25, -0.2) is 17.9 Å². The lowest BCUT2D eigenvalue weighted by atomic mass is 10.2. The Balaban J connectivity index is 2.04. The van der Waals surface area contributed by atoms with E-state index in [0.29, 0.717) is 11.1 Å². The Kier molecular flexibility index (Phi) is 4.35. The van der Waals surface area contributed by atoms with Crippen molar-refractivity contribution in [1.82, 2.24) is 5.32 Å². The minimum absolute atomic E-state index is 0.0656. The molecule has 2 aromatic carbocycles. The number of nitrogens with one attached hydrogen (secondary N) is 1. The Morgan fingerprint density at radius 3 is 2.38 bits per heavy atom. The molecular formula is C14H13FN2O3S. The molecule has 3 N–H and O–H groups in total. The van der Waals surface area contributed by atoms with E-state index in [0.717, 1.165) is 0 Å². The van der Waals surface area contributed by atoms with E-state index in [4.69, 9.17) is 5.14 Å². The van der Waals surface area contributed by atoms with E-state index in [-0.39, 0.29) is 23.2 Å². The van der Waals surface area contributed by atoms with Crippen LogP contribution in [0.1, 0.15) is 15.9 Å². The largest absolute Gasteiger partial charge is 0.348 e. The molecule has 0 fully saturated rings. The van der Waals surface area contributed by atoms with Gasteiger partial charge in [-0.3, -0.25) is 4.79 Å². The molecule has 0 bridgehead atoms. The summed E-state index contributed by atoms with van der Waals surface area (Å²) in [5.41, 5.74) is 0.920. The lowest BCUT2D eigenvalue weighted by molar-refractivity contribution is 0.0950. The van der Waals surface area contributed by atoms with E-state index >= 15 is 0 Å². The maximum Gasteiger partial charge on any atom is 0.251 e. The van der Waals surface area contributed by atoms with Crippen molar-refractivity contribution in [3.05, 3.63) is 65.5 Å². The number of carbonyl (C=O) groups is 1. The van der Waals surface area contributed by atoms with E-state index in [1.807, 2.05) is 0 Å². The average Bonchev–Trinajstić information content (AvgIpc) is 2.44. The molecule has 0 spiro atoms. The summed E-state index contributed by atoms with van der Waals surface area (Å²) in [6.07, 6.45) is 0. The molecule has 0 unspecified atom stereocenters. The van der Waals surface area contributed by atoms with Crippen LogP contribution < -0.4 is 10.5 Å². The van der Waals surface area contributed by atoms with Gasteiger partial charge in [0.2, 0.25) is 10.0 Å². The predicted molar refractivity (Wildman–Crippen MR) is 75.4 cm³/mol. The summed E-state index contributed by atoms with van der Waals surface area (Å²) in [5.74, 6) is -0.764. The summed E-state index contributed by atoms with van der Waals surface area (Å²) in [5, 5.41) is 7.58. The van der Waals surface area contributed by atoms with Gasteiger partial charge in [0.05, 0.1) is 4.90 Å². The van der Waals surface area contributed by atoms with Gasteiger partial charge >= 0.3 is 0 Å². The van der Waals surface area contributed by atoms with Crippen LogP contribution in [-0.4, -0.2) is 14.3 Å². The van der Waals surface area contributed by atoms with Crippen molar-refractivity contribution >= 4 is 15.9 Å². The third-order valence-corrected chi connectivity index (χ3v) is 3.72. The van der Waals surface area contributed by atoms with Crippen LogP contribution in [0.3, 0.4) is 0 Å². The summed E-state index contributed by atoms with van der Waals surface area (Å²) in [6, 6.07) is 11.1. The van der Waals surface area contributed by atoms with Gasteiger partial charge in [0.15, 0.2) is 0 Å². The van der Waals surface area contributed by atoms with Crippen molar-refractivity contribution < 1.29 is 17.6 Å². The molecule has 0 aliphatic carbocycles. The van der Waals surface area contributed by atoms with Crippen LogP contribution in [0.25, 0.3) is 0 Å². The van der Waals surface area contributed by atoms with E-state index < -0.39 is 10.0 Å². The summed E-state index contributed by atoms with van der Waals surface area (Å²) < 4.78 is 35.2. The fourth-order valence-corrected chi connectivity index (χ4v) is 2.24. The molecule has 2 aromatic rings. The Morgan fingerprint density at radius 1 is 1.14 bits per heavy atom. The van der Waals surface area contributed by atoms with Gasteiger partial charge in [-0.15, -0.1) is 0 Å². The van der Waals surface area contributed by atoms with Crippen LogP contribution in [0, 0.1) is 5.82 Å². The minimum atomic E-state index is -3.78. The Labute approximate surface area is 121 Å². The molecule has 0 aliphatic rings. The lowest BCUT2D eigenvalue weighted by Gasteiger charge is -2.06. The molecule has 7 heteroatoms. The molecule has 0 radical (unpaired) electrons. The third-order valence-electron chi connectivity index (χ3n) is 2.79. The van der Waals surface area contributed by atoms with Crippen LogP contribution in [0.2, 0.25) is 0 Å². The number of primary sulfonamides is 1. The van der Waals surface area contributed by atoms with Gasteiger partial charge in [-0.2, -0.15) is 0 Å². The standard InChI is InChI=1S/C14H13FN2O3S/c15-12-3-1-2-10(8-12)9-17-14(18)11-4-6-13(7-5-11)21(16,19)20/h1-8H,9H2,(H,17,18)(H2,16,19,20). The molecule has 5 nitrogen and oxygen atoms in total. The van der Waals surface area contributed by atoms with Gasteiger partial charge < -0.3 is 5.32 Å². The first-order valence-corrected chi connectivity index (χ1v) is 7.56. The molecule has 21 heavy (non-hydrogen) atoms. The van der Waals surface area contributed by atoms with Gasteiger partial charge in [0.25, 0.3) is 5.91 Å². The molecule has 0 saturated heterocycles. The van der Waals surface area contributed by atoms with Crippen molar-refractivity contribution in [1.29, 1.82) is 0 Å². The summed E-state index contributed by atoms with van der Waals surface area (Å²) in [6.45, 7) is 0.174. The third kappa shape index (κ3) is 4.11. The normalized spacial score (nSPS) is 11.1. The highest BCUT2D eigenvalue weighted by Crippen LogP contribution is 2.09. The first-order valence-electron chi connectivity index (χ1n) is 6.02. The highest BCUT2D eigenvalue weighted by atomic mass is 32.2. The topological polar surface area (TPSA) is 89.3 Å². The van der Waals surface area contributed by atoms with E-state index in [1.165, 1.54) is 36.4 Å². The highest BCUT2D eigenvalue weighted by molar-refractivity contribution is 7.89. The Hall–Kier alpha value is -2.25. The fourth-order valence-electron chi connectivity index (χ4n) is 1.73. The van der Waals surface area contributed by atoms with Crippen molar-refractivity contribution in [3.63, 3.8) is 0 Å². The van der Waals surface area contributed by atoms with E-state index in [1.54, 1.807) is 12.1 Å². The molecule has 0 saturated carbocycles. The number of amides is 1. The number of halogens is 1. The van der Waals surface area contributed by atoms with Crippen LogP contribution in [-0.2, 0) is 16.6 Å². The van der Waals surface area contributed by atoms with Crippen molar-refractivity contribution in [2.24, 2.45) is 5.14 Å². The number of carbonyl (C=O) groups excluding carboxylic acids is 1. The molecule has 0 aromatic heterocycles. The molecule has 2 rings (SSSR count). The lowest BCUT2D eigenvalue weighted by Crippen LogP contribution is -2.23. The van der Waals surface area contributed by atoms with Gasteiger partial charge in [-0.05, 0) is 42.0 Å². The molecule has 0 heterocycles. The average molecular weight is 308 g/mol. The van der Waals surface area contributed by atoms with Crippen molar-refractivity contribution in [2.75, 3.05) is 0 Å². The van der Waals surface area contributed by atoms with Gasteiger partial charge in [0.1, 0.15) is 5.82 Å². The summed E-state index contributed by atoms with van der Waals surface area (Å²) in [7, 11) is -3.78. The maximum atomic E-state index is 13.0. The van der Waals surface area contributed by atoms with Crippen LogP contribution in [0.4, 0.5) is 4.39 Å². The SMILES string of the molecule is NS(=O)(=O)c1ccc(C(=O)NCc2cccc(F)c2)cc1. The van der Waals surface area contributed by atoms with Gasteiger partial charge in [-0.1, -0.05) is 12.1 Å². The number of sulfonamides is 1. The van der Waals surface area contributed by atoms with Gasteiger partial charge in [0, 0.05) is 12.1 Å². The van der Waals surface area contributed by atoms with E-state index in [2.05, 4.69) is 5.32 Å². The fraction of sp³-hybridized carbons (Fsp3) is 0.0714. The second-order valence-corrected chi connectivity index (χ2v) is 5.94. The number of hydrogen-bond acceptors (Lipinski definition) is 3. The molecular weight excluding hydrogens is 295 g/mol. The molecule has 0 atom stereocenters. The number of nitrogens with two attached hydrogens (primary N) is 1. The quantitative estimate of drug-likeness (QED) is 0.894. The zero-order chi connectivity index (χ0) is 15.5. The first kappa shape index (κ1) is 15.1. The summed E-state index contributed by atoms with van der Waals surface area (Å²) in [4.78, 5) is 11.8. The van der Waals surface area contributed by atoms with Crippen LogP contribution in [0.5, 0.6) is 0 Å². The second kappa shape index (κ2) is 6.02. The predicted octanol–water partition coefficient (Wildman–Crippen LogP) is 1.40.